The summed E-state index contributed by atoms with van der Waals surface area (Å²) >= 11 is 1.56. The van der Waals surface area contributed by atoms with Crippen LogP contribution in [0, 0.1) is 0 Å². The molecule has 2 N–H and O–H groups in total. The molecule has 0 aliphatic carbocycles. The van der Waals surface area contributed by atoms with Crippen molar-refractivity contribution in [3.63, 3.8) is 0 Å². The molecule has 0 aromatic carbocycles. The lowest BCUT2D eigenvalue weighted by Crippen LogP contribution is -2.26. The summed E-state index contributed by atoms with van der Waals surface area (Å²) in [6.45, 7) is 0.577. The predicted octanol–water partition coefficient (Wildman–Crippen LogP) is 1.55. The van der Waals surface area contributed by atoms with Gasteiger partial charge in [-0.25, -0.2) is 4.98 Å². The molecule has 5 nitrogen and oxygen atoms in total. The molecule has 2 aromatic heterocycles. The van der Waals surface area contributed by atoms with E-state index in [2.05, 4.69) is 20.6 Å². The van der Waals surface area contributed by atoms with Gasteiger partial charge in [0.2, 0.25) is 0 Å². The number of rotatable bonds is 5. The van der Waals surface area contributed by atoms with Crippen LogP contribution in [0.1, 0.15) is 16.1 Å². The van der Waals surface area contributed by atoms with Gasteiger partial charge in [0.05, 0.1) is 28.7 Å². The fraction of sp³-hybridized carbons (Fsp3) is 0.250. The molecule has 0 saturated heterocycles. The first-order chi connectivity index (χ1) is 8.81. The zero-order chi connectivity index (χ0) is 12.8. The number of aromatic nitrogens is 2. The number of hydrogen-bond acceptors (Lipinski definition) is 5. The second-order valence-corrected chi connectivity index (χ2v) is 4.38. The molecule has 0 saturated carbocycles. The number of carbonyl (C=O) groups excluding carboxylic acids is 1. The molecule has 0 aliphatic heterocycles. The smallest absolute Gasteiger partial charge is 0.253 e. The molecule has 2 heterocycles. The van der Waals surface area contributed by atoms with Crippen LogP contribution in [0.5, 0.6) is 0 Å². The first-order valence-electron chi connectivity index (χ1n) is 5.58. The van der Waals surface area contributed by atoms with Crippen molar-refractivity contribution < 1.29 is 4.79 Å². The quantitative estimate of drug-likeness (QED) is 0.858. The third kappa shape index (κ3) is 3.04. The maximum absolute atomic E-state index is 12.0. The van der Waals surface area contributed by atoms with E-state index >= 15 is 0 Å². The van der Waals surface area contributed by atoms with Crippen LogP contribution in [0.3, 0.4) is 0 Å². The highest BCUT2D eigenvalue weighted by molar-refractivity contribution is 7.07. The number of anilines is 1. The maximum atomic E-state index is 12.0. The highest BCUT2D eigenvalue weighted by Gasteiger charge is 2.09. The molecule has 2 aromatic rings. The van der Waals surface area contributed by atoms with E-state index in [1.807, 2.05) is 5.38 Å². The molecule has 0 unspecified atom stereocenters. The summed E-state index contributed by atoms with van der Waals surface area (Å²) in [5, 5.41) is 7.80. The van der Waals surface area contributed by atoms with Gasteiger partial charge in [0, 0.05) is 31.6 Å². The SMILES string of the molecule is CNc1cnccc1C(=O)NCCc1cscn1. The molecule has 0 atom stereocenters. The fourth-order valence-electron chi connectivity index (χ4n) is 1.55. The van der Waals surface area contributed by atoms with Crippen molar-refractivity contribution >= 4 is 22.9 Å². The first kappa shape index (κ1) is 12.5. The summed E-state index contributed by atoms with van der Waals surface area (Å²) in [4.78, 5) is 20.1. The van der Waals surface area contributed by atoms with E-state index in [0.717, 1.165) is 17.8 Å². The highest BCUT2D eigenvalue weighted by atomic mass is 32.1. The Bertz CT molecular complexity index is 513. The van der Waals surface area contributed by atoms with Crippen molar-refractivity contribution in [2.24, 2.45) is 0 Å². The van der Waals surface area contributed by atoms with Gasteiger partial charge >= 0.3 is 0 Å². The van der Waals surface area contributed by atoms with Gasteiger partial charge in [-0.05, 0) is 6.07 Å². The molecule has 6 heteroatoms. The van der Waals surface area contributed by atoms with Gasteiger partial charge in [0.1, 0.15) is 0 Å². The Morgan fingerprint density at radius 2 is 2.39 bits per heavy atom. The molecule has 94 valence electrons. The van der Waals surface area contributed by atoms with Gasteiger partial charge in [-0.15, -0.1) is 11.3 Å². The number of hydrogen-bond donors (Lipinski definition) is 2. The summed E-state index contributed by atoms with van der Waals surface area (Å²) < 4.78 is 0. The van der Waals surface area contributed by atoms with Crippen molar-refractivity contribution in [1.82, 2.24) is 15.3 Å². The number of nitrogens with one attached hydrogen (secondary N) is 2. The largest absolute Gasteiger partial charge is 0.386 e. The van der Waals surface area contributed by atoms with Crippen molar-refractivity contribution in [2.45, 2.75) is 6.42 Å². The topological polar surface area (TPSA) is 66.9 Å². The molecule has 18 heavy (non-hydrogen) atoms. The summed E-state index contributed by atoms with van der Waals surface area (Å²) in [7, 11) is 1.77. The van der Waals surface area contributed by atoms with E-state index in [4.69, 9.17) is 0 Å². The summed E-state index contributed by atoms with van der Waals surface area (Å²) in [6, 6.07) is 1.70. The fourth-order valence-corrected chi connectivity index (χ4v) is 2.14. The Morgan fingerprint density at radius 1 is 1.50 bits per heavy atom. The van der Waals surface area contributed by atoms with Gasteiger partial charge in [0.15, 0.2) is 0 Å². The van der Waals surface area contributed by atoms with Crippen LogP contribution < -0.4 is 10.6 Å². The lowest BCUT2D eigenvalue weighted by Gasteiger charge is -2.08. The van der Waals surface area contributed by atoms with Crippen molar-refractivity contribution in [3.05, 3.63) is 40.6 Å². The lowest BCUT2D eigenvalue weighted by molar-refractivity contribution is 0.0955. The molecular weight excluding hydrogens is 248 g/mol. The number of carbonyl (C=O) groups is 1. The van der Waals surface area contributed by atoms with Crippen LogP contribution >= 0.6 is 11.3 Å². The van der Waals surface area contributed by atoms with E-state index in [1.54, 1.807) is 42.4 Å². The third-order valence-electron chi connectivity index (χ3n) is 2.49. The van der Waals surface area contributed by atoms with E-state index in [0.29, 0.717) is 12.1 Å². The normalized spacial score (nSPS) is 10.1. The van der Waals surface area contributed by atoms with E-state index in [1.165, 1.54) is 0 Å². The molecule has 0 spiro atoms. The minimum atomic E-state index is -0.100. The second-order valence-electron chi connectivity index (χ2n) is 3.66. The zero-order valence-corrected chi connectivity index (χ0v) is 10.8. The van der Waals surface area contributed by atoms with Gasteiger partial charge in [-0.3, -0.25) is 9.78 Å². The van der Waals surface area contributed by atoms with Gasteiger partial charge < -0.3 is 10.6 Å². The monoisotopic (exact) mass is 262 g/mol. The predicted molar refractivity (Wildman–Crippen MR) is 71.9 cm³/mol. The Hall–Kier alpha value is -1.95. The molecule has 0 aliphatic rings. The van der Waals surface area contributed by atoms with Crippen LogP contribution in [-0.2, 0) is 6.42 Å². The van der Waals surface area contributed by atoms with E-state index in [-0.39, 0.29) is 5.91 Å². The Labute approximate surface area is 109 Å². The van der Waals surface area contributed by atoms with Crippen LogP contribution in [0.15, 0.2) is 29.4 Å². The number of nitrogens with zero attached hydrogens (tertiary/aromatic N) is 2. The van der Waals surface area contributed by atoms with Crippen LogP contribution in [-0.4, -0.2) is 29.5 Å². The average molecular weight is 262 g/mol. The number of pyridine rings is 1. The molecule has 0 fully saturated rings. The molecule has 2 rings (SSSR count). The Morgan fingerprint density at radius 3 is 3.11 bits per heavy atom. The molecule has 1 amide bonds. The summed E-state index contributed by atoms with van der Waals surface area (Å²) in [5.74, 6) is -0.100. The summed E-state index contributed by atoms with van der Waals surface area (Å²) in [5.41, 5.74) is 4.12. The standard InChI is InChI=1S/C12H14N4OS/c1-13-11-6-14-4-3-10(11)12(17)15-5-2-9-7-18-8-16-9/h3-4,6-8,13H,2,5H2,1H3,(H,15,17). The molecule has 0 bridgehead atoms. The second kappa shape index (κ2) is 6.11. The van der Waals surface area contributed by atoms with Crippen molar-refractivity contribution in [1.29, 1.82) is 0 Å². The average Bonchev–Trinajstić information content (AvgIpc) is 2.91. The molecule has 0 radical (unpaired) electrons. The van der Waals surface area contributed by atoms with Gasteiger partial charge in [-0.1, -0.05) is 0 Å². The first-order valence-corrected chi connectivity index (χ1v) is 6.52. The van der Waals surface area contributed by atoms with Crippen LogP contribution in [0.25, 0.3) is 0 Å². The molecular formula is C12H14N4OS. The third-order valence-corrected chi connectivity index (χ3v) is 3.12. The highest BCUT2D eigenvalue weighted by Crippen LogP contribution is 2.11. The van der Waals surface area contributed by atoms with Crippen LogP contribution in [0.4, 0.5) is 5.69 Å². The lowest BCUT2D eigenvalue weighted by atomic mass is 10.2. The minimum Gasteiger partial charge on any atom is -0.386 e. The zero-order valence-electron chi connectivity index (χ0n) is 10.0. The van der Waals surface area contributed by atoms with E-state index < -0.39 is 0 Å². The minimum absolute atomic E-state index is 0.100. The summed E-state index contributed by atoms with van der Waals surface area (Å²) in [6.07, 6.45) is 3.99. The Balaban J connectivity index is 1.91. The van der Waals surface area contributed by atoms with Crippen molar-refractivity contribution in [2.75, 3.05) is 18.9 Å². The maximum Gasteiger partial charge on any atom is 0.253 e. The number of thiazole rings is 1. The van der Waals surface area contributed by atoms with Gasteiger partial charge in [-0.2, -0.15) is 0 Å². The van der Waals surface area contributed by atoms with Gasteiger partial charge in [0.25, 0.3) is 5.91 Å². The Kier molecular flexibility index (Phi) is 4.25. The van der Waals surface area contributed by atoms with Crippen LogP contribution in [0.2, 0.25) is 0 Å². The van der Waals surface area contributed by atoms with Crippen molar-refractivity contribution in [3.8, 4) is 0 Å². The van der Waals surface area contributed by atoms with E-state index in [9.17, 15) is 4.79 Å². The number of amides is 1.